The van der Waals surface area contributed by atoms with Gasteiger partial charge >= 0.3 is 0 Å². The summed E-state index contributed by atoms with van der Waals surface area (Å²) >= 11 is 0. The van der Waals surface area contributed by atoms with Gasteiger partial charge < -0.3 is 20.3 Å². The molecule has 0 fully saturated rings. The van der Waals surface area contributed by atoms with Crippen LogP contribution in [0.5, 0.6) is 11.5 Å². The monoisotopic (exact) mass is 305 g/mol. The van der Waals surface area contributed by atoms with E-state index < -0.39 is 11.6 Å². The van der Waals surface area contributed by atoms with E-state index in [4.69, 9.17) is 4.74 Å². The number of benzene rings is 1. The lowest BCUT2D eigenvalue weighted by molar-refractivity contribution is 0.276. The van der Waals surface area contributed by atoms with Crippen LogP contribution in [0, 0.1) is 5.82 Å². The molecular formula is C17H20FNO3. The number of ether oxygens (including phenoxy) is 1. The van der Waals surface area contributed by atoms with E-state index in [0.29, 0.717) is 12.0 Å². The molecule has 5 heteroatoms. The van der Waals surface area contributed by atoms with E-state index in [1.165, 1.54) is 17.2 Å². The molecule has 0 radical (unpaired) electrons. The van der Waals surface area contributed by atoms with Gasteiger partial charge in [0.2, 0.25) is 0 Å². The third-order valence-corrected chi connectivity index (χ3v) is 4.46. The topological polar surface area (TPSA) is 61.7 Å². The summed E-state index contributed by atoms with van der Waals surface area (Å²) in [5.41, 5.74) is 3.06. The maximum Gasteiger partial charge on any atom is 0.160 e. The van der Waals surface area contributed by atoms with Gasteiger partial charge in [-0.05, 0) is 49.1 Å². The minimum absolute atomic E-state index is 0.0526. The van der Waals surface area contributed by atoms with Crippen molar-refractivity contribution in [2.24, 2.45) is 0 Å². The normalized spacial score (nSPS) is 21.4. The van der Waals surface area contributed by atoms with Crippen molar-refractivity contribution in [3.8, 4) is 11.5 Å². The Balaban J connectivity index is 1.82. The summed E-state index contributed by atoms with van der Waals surface area (Å²) in [4.78, 5) is 0. The van der Waals surface area contributed by atoms with Gasteiger partial charge in [0.15, 0.2) is 11.5 Å². The first-order valence-corrected chi connectivity index (χ1v) is 7.46. The Hall–Kier alpha value is -2.01. The van der Waals surface area contributed by atoms with Crippen molar-refractivity contribution in [2.75, 3.05) is 13.7 Å². The summed E-state index contributed by atoms with van der Waals surface area (Å²) in [6.45, 7) is 0.853. The van der Waals surface area contributed by atoms with Crippen LogP contribution in [0.15, 0.2) is 35.1 Å². The first-order valence-electron chi connectivity index (χ1n) is 7.46. The Kier molecular flexibility index (Phi) is 4.07. The number of aromatic hydroxyl groups is 2. The van der Waals surface area contributed by atoms with Crippen molar-refractivity contribution in [1.82, 2.24) is 5.32 Å². The molecule has 1 heterocycles. The summed E-state index contributed by atoms with van der Waals surface area (Å²) in [5, 5.41) is 22.3. The van der Waals surface area contributed by atoms with Gasteiger partial charge in [-0.15, -0.1) is 0 Å². The third kappa shape index (κ3) is 2.81. The number of rotatable bonds is 3. The van der Waals surface area contributed by atoms with Gasteiger partial charge in [0.05, 0.1) is 12.9 Å². The van der Waals surface area contributed by atoms with E-state index in [-0.39, 0.29) is 11.8 Å². The average molecular weight is 305 g/mol. The second kappa shape index (κ2) is 6.01. The predicted molar refractivity (Wildman–Crippen MR) is 81.2 cm³/mol. The van der Waals surface area contributed by atoms with Crippen molar-refractivity contribution < 1.29 is 19.3 Å². The summed E-state index contributed by atoms with van der Waals surface area (Å²) in [6.07, 6.45) is 5.14. The highest BCUT2D eigenvalue weighted by Crippen LogP contribution is 2.34. The molecule has 0 bridgehead atoms. The zero-order valence-corrected chi connectivity index (χ0v) is 12.5. The standard InChI is InChI=1S/C17H20FNO3/c1-22-12-2-3-13-10(6-12)4-5-19-15(13)7-11-8-16(20)17(21)9-14(11)18/h2,8-9,15,19-21H,3-7H2,1H3/t15-/m0/s1. The number of phenols is 2. The van der Waals surface area contributed by atoms with Crippen LogP contribution in [-0.4, -0.2) is 29.9 Å². The Morgan fingerprint density at radius 1 is 1.32 bits per heavy atom. The van der Waals surface area contributed by atoms with E-state index in [9.17, 15) is 14.6 Å². The molecule has 0 unspecified atom stereocenters. The molecule has 1 atom stereocenters. The maximum atomic E-state index is 14.0. The molecule has 1 aliphatic heterocycles. The molecule has 0 aromatic heterocycles. The highest BCUT2D eigenvalue weighted by Gasteiger charge is 2.26. The summed E-state index contributed by atoms with van der Waals surface area (Å²) in [7, 11) is 1.69. The van der Waals surface area contributed by atoms with Gasteiger partial charge in [0, 0.05) is 18.5 Å². The molecule has 118 valence electrons. The highest BCUT2D eigenvalue weighted by molar-refractivity contribution is 5.43. The molecule has 3 rings (SSSR count). The zero-order chi connectivity index (χ0) is 15.7. The molecule has 4 nitrogen and oxygen atoms in total. The number of allylic oxidation sites excluding steroid dienone is 2. The van der Waals surface area contributed by atoms with Gasteiger partial charge in [0.25, 0.3) is 0 Å². The quantitative estimate of drug-likeness (QED) is 0.593. The molecule has 0 amide bonds. The van der Waals surface area contributed by atoms with E-state index in [1.807, 2.05) is 0 Å². The third-order valence-electron chi connectivity index (χ3n) is 4.46. The number of hydrogen-bond acceptors (Lipinski definition) is 4. The summed E-state index contributed by atoms with van der Waals surface area (Å²) in [6, 6.07) is 2.32. The molecule has 22 heavy (non-hydrogen) atoms. The fourth-order valence-electron chi connectivity index (χ4n) is 3.24. The number of hydrogen-bond donors (Lipinski definition) is 3. The molecule has 0 saturated carbocycles. The lowest BCUT2D eigenvalue weighted by Crippen LogP contribution is -2.39. The fraction of sp³-hybridized carbons (Fsp3) is 0.412. The van der Waals surface area contributed by atoms with E-state index in [0.717, 1.165) is 37.6 Å². The Morgan fingerprint density at radius 2 is 2.09 bits per heavy atom. The molecule has 2 aliphatic rings. The Labute approximate surface area is 128 Å². The van der Waals surface area contributed by atoms with E-state index in [2.05, 4.69) is 11.4 Å². The van der Waals surface area contributed by atoms with E-state index >= 15 is 0 Å². The molecule has 0 spiro atoms. The fourth-order valence-corrected chi connectivity index (χ4v) is 3.24. The zero-order valence-electron chi connectivity index (χ0n) is 12.5. The van der Waals surface area contributed by atoms with Crippen LogP contribution < -0.4 is 5.32 Å². The predicted octanol–water partition coefficient (Wildman–Crippen LogP) is 2.76. The largest absolute Gasteiger partial charge is 0.504 e. The van der Waals surface area contributed by atoms with Gasteiger partial charge in [0.1, 0.15) is 5.82 Å². The van der Waals surface area contributed by atoms with Crippen molar-refractivity contribution >= 4 is 0 Å². The van der Waals surface area contributed by atoms with Crippen LogP contribution in [0.2, 0.25) is 0 Å². The number of phenolic OH excluding ortho intramolecular Hbond substituents is 2. The summed E-state index contributed by atoms with van der Waals surface area (Å²) in [5.74, 6) is -0.212. The molecule has 3 N–H and O–H groups in total. The average Bonchev–Trinajstić information content (AvgIpc) is 2.52. The number of nitrogens with one attached hydrogen (secondary N) is 1. The minimum atomic E-state index is -0.492. The molecular weight excluding hydrogens is 285 g/mol. The number of halogens is 1. The van der Waals surface area contributed by atoms with Gasteiger partial charge in [-0.25, -0.2) is 4.39 Å². The molecule has 1 aromatic rings. The van der Waals surface area contributed by atoms with Crippen molar-refractivity contribution in [3.05, 3.63) is 46.5 Å². The van der Waals surface area contributed by atoms with Crippen LogP contribution in [0.4, 0.5) is 4.39 Å². The smallest absolute Gasteiger partial charge is 0.160 e. The maximum absolute atomic E-state index is 14.0. The van der Waals surface area contributed by atoms with Crippen LogP contribution >= 0.6 is 0 Å². The van der Waals surface area contributed by atoms with Crippen molar-refractivity contribution in [1.29, 1.82) is 0 Å². The van der Waals surface area contributed by atoms with Crippen LogP contribution in [0.3, 0.4) is 0 Å². The Morgan fingerprint density at radius 3 is 2.86 bits per heavy atom. The van der Waals surface area contributed by atoms with E-state index in [1.54, 1.807) is 7.11 Å². The summed E-state index contributed by atoms with van der Waals surface area (Å²) < 4.78 is 19.3. The second-order valence-corrected chi connectivity index (χ2v) is 5.78. The first kappa shape index (κ1) is 14.9. The Bertz CT molecular complexity index is 652. The highest BCUT2D eigenvalue weighted by atomic mass is 19.1. The SMILES string of the molecule is COC1=CCC2=C(CCN[C@H]2Cc2cc(O)c(O)cc2F)C1. The van der Waals surface area contributed by atoms with Crippen LogP contribution in [0.25, 0.3) is 0 Å². The van der Waals surface area contributed by atoms with Crippen LogP contribution in [0.1, 0.15) is 24.8 Å². The molecule has 1 aliphatic carbocycles. The second-order valence-electron chi connectivity index (χ2n) is 5.78. The minimum Gasteiger partial charge on any atom is -0.504 e. The van der Waals surface area contributed by atoms with Gasteiger partial charge in [-0.2, -0.15) is 0 Å². The van der Waals surface area contributed by atoms with Crippen molar-refractivity contribution in [2.45, 2.75) is 31.7 Å². The van der Waals surface area contributed by atoms with Gasteiger partial charge in [-0.3, -0.25) is 0 Å². The molecule has 0 saturated heterocycles. The van der Waals surface area contributed by atoms with Crippen LogP contribution in [-0.2, 0) is 11.2 Å². The molecule has 1 aromatic carbocycles. The number of methoxy groups -OCH3 is 1. The first-order chi connectivity index (χ1) is 10.6. The lowest BCUT2D eigenvalue weighted by atomic mass is 9.83. The van der Waals surface area contributed by atoms with Gasteiger partial charge in [-0.1, -0.05) is 5.57 Å². The van der Waals surface area contributed by atoms with Crippen molar-refractivity contribution in [3.63, 3.8) is 0 Å². The lowest BCUT2D eigenvalue weighted by Gasteiger charge is -2.32.